The zero-order chi connectivity index (χ0) is 25.2. The molecule has 1 aromatic heterocycles. The number of nitrogens with two attached hydrogens (primary N) is 1. The number of Topliss-reactive ketones (excluding diaryl/α,β-unsaturated/α-hetero) is 1. The molecule has 4 rings (SSSR count). The average molecular weight is 500 g/mol. The molecule has 0 radical (unpaired) electrons. The van der Waals surface area contributed by atoms with Crippen molar-refractivity contribution in [2.45, 2.75) is 43.2 Å². The highest BCUT2D eigenvalue weighted by molar-refractivity contribution is 7.89. The molecule has 2 saturated heterocycles. The van der Waals surface area contributed by atoms with Crippen molar-refractivity contribution in [1.82, 2.24) is 19.5 Å². The summed E-state index contributed by atoms with van der Waals surface area (Å²) in [4.78, 5) is 43.4. The van der Waals surface area contributed by atoms with E-state index in [4.69, 9.17) is 5.73 Å². The first-order valence-electron chi connectivity index (χ1n) is 11.6. The van der Waals surface area contributed by atoms with Crippen LogP contribution >= 0.6 is 0 Å². The number of carbonyl (C=O) groups is 3. The lowest BCUT2D eigenvalue weighted by Gasteiger charge is -2.25. The van der Waals surface area contributed by atoms with Crippen LogP contribution in [0.5, 0.6) is 0 Å². The topological polar surface area (TPSA) is 143 Å². The van der Waals surface area contributed by atoms with Gasteiger partial charge >= 0.3 is 0 Å². The molecule has 186 valence electrons. The maximum absolute atomic E-state index is 13.1. The Morgan fingerprint density at radius 1 is 1.23 bits per heavy atom. The number of fused-ring (bicyclic) bond motifs is 1. The summed E-state index contributed by atoms with van der Waals surface area (Å²) >= 11 is 0. The average Bonchev–Trinajstić information content (AvgIpc) is 3.41. The predicted molar refractivity (Wildman–Crippen MR) is 129 cm³/mol. The predicted octanol–water partition coefficient (Wildman–Crippen LogP) is 1.05. The Bertz CT molecular complexity index is 1200. The Balaban J connectivity index is 1.31. The van der Waals surface area contributed by atoms with Gasteiger partial charge in [0.1, 0.15) is 10.9 Å². The number of anilines is 1. The first-order chi connectivity index (χ1) is 16.7. The number of likely N-dealkylation sites (tertiary alicyclic amines) is 1. The van der Waals surface area contributed by atoms with Gasteiger partial charge in [-0.1, -0.05) is 6.92 Å². The highest BCUT2D eigenvalue weighted by atomic mass is 32.2. The molecule has 3 atom stereocenters. The summed E-state index contributed by atoms with van der Waals surface area (Å²) in [6.07, 6.45) is 3.96. The van der Waals surface area contributed by atoms with Gasteiger partial charge in [0.2, 0.25) is 15.9 Å². The normalized spacial score (nSPS) is 21.1. The van der Waals surface area contributed by atoms with Crippen molar-refractivity contribution in [3.8, 4) is 0 Å². The molecule has 2 aliphatic heterocycles. The number of hydrogen-bond donors (Lipinski definition) is 2. The van der Waals surface area contributed by atoms with Crippen LogP contribution < -0.4 is 11.1 Å². The Morgan fingerprint density at radius 3 is 2.66 bits per heavy atom. The maximum Gasteiger partial charge on any atom is 0.251 e. The number of amides is 2. The van der Waals surface area contributed by atoms with E-state index in [1.54, 1.807) is 24.3 Å². The number of aromatic nitrogens is 1. The van der Waals surface area contributed by atoms with Crippen molar-refractivity contribution >= 4 is 33.3 Å². The highest BCUT2D eigenvalue weighted by Gasteiger charge is 2.53. The molecule has 2 amide bonds. The van der Waals surface area contributed by atoms with E-state index in [2.05, 4.69) is 10.3 Å². The molecule has 3 unspecified atom stereocenters. The van der Waals surface area contributed by atoms with Gasteiger partial charge in [0.25, 0.3) is 5.91 Å². The number of benzene rings is 1. The molecule has 1 aromatic carbocycles. The van der Waals surface area contributed by atoms with Crippen molar-refractivity contribution in [2.24, 2.45) is 5.92 Å². The van der Waals surface area contributed by atoms with E-state index in [0.29, 0.717) is 37.2 Å². The van der Waals surface area contributed by atoms with Crippen molar-refractivity contribution in [1.29, 1.82) is 0 Å². The number of nitrogens with one attached hydrogen (secondary N) is 1. The highest BCUT2D eigenvalue weighted by Crippen LogP contribution is 2.34. The number of sulfonamides is 1. The SMILES string of the molecule is CC(CCNC(=O)c1ccc(N)cc1)CC(=O)N1CCC2C1C(=O)CN2S(=O)(=O)c1cccnc1. The summed E-state index contributed by atoms with van der Waals surface area (Å²) in [5.74, 6) is -0.682. The number of nitrogen functional groups attached to an aromatic ring is 1. The minimum Gasteiger partial charge on any atom is -0.399 e. The Morgan fingerprint density at radius 2 is 1.97 bits per heavy atom. The van der Waals surface area contributed by atoms with E-state index in [1.807, 2.05) is 6.92 Å². The van der Waals surface area contributed by atoms with E-state index >= 15 is 0 Å². The third-order valence-corrected chi connectivity index (χ3v) is 8.41. The molecular weight excluding hydrogens is 470 g/mol. The smallest absolute Gasteiger partial charge is 0.251 e. The third kappa shape index (κ3) is 5.20. The van der Waals surface area contributed by atoms with Gasteiger partial charge in [-0.2, -0.15) is 4.31 Å². The molecule has 2 aromatic rings. The van der Waals surface area contributed by atoms with Gasteiger partial charge in [-0.3, -0.25) is 19.4 Å². The fourth-order valence-electron chi connectivity index (χ4n) is 4.69. The van der Waals surface area contributed by atoms with Gasteiger partial charge in [-0.25, -0.2) is 8.42 Å². The standard InChI is InChI=1S/C24H29N5O5S/c1-16(8-11-27-24(32)17-4-6-18(25)7-5-17)13-22(31)28-12-9-20-23(28)21(30)15-29(20)35(33,34)19-3-2-10-26-14-19/h2-7,10,14,16,20,23H,8-9,11-13,15,25H2,1H3,(H,27,32). The molecule has 10 nitrogen and oxygen atoms in total. The first kappa shape index (κ1) is 24.8. The molecule has 3 heterocycles. The molecule has 35 heavy (non-hydrogen) atoms. The Hall–Kier alpha value is -3.31. The van der Waals surface area contributed by atoms with Gasteiger partial charge in [-0.15, -0.1) is 0 Å². The van der Waals surface area contributed by atoms with Crippen LogP contribution in [0.4, 0.5) is 5.69 Å². The van der Waals surface area contributed by atoms with Crippen LogP contribution in [0.15, 0.2) is 53.7 Å². The largest absolute Gasteiger partial charge is 0.399 e. The Kier molecular flexibility index (Phi) is 7.18. The fraction of sp³-hybridized carbons (Fsp3) is 0.417. The summed E-state index contributed by atoms with van der Waals surface area (Å²) in [6.45, 7) is 2.40. The van der Waals surface area contributed by atoms with Gasteiger partial charge in [0.05, 0.1) is 12.6 Å². The van der Waals surface area contributed by atoms with Gasteiger partial charge in [-0.05, 0) is 55.2 Å². The summed E-state index contributed by atoms with van der Waals surface area (Å²) in [6, 6.07) is 8.28. The lowest BCUT2D eigenvalue weighted by atomic mass is 10.0. The van der Waals surface area contributed by atoms with Crippen LogP contribution in [0.2, 0.25) is 0 Å². The van der Waals surface area contributed by atoms with E-state index in [9.17, 15) is 22.8 Å². The zero-order valence-corrected chi connectivity index (χ0v) is 20.3. The van der Waals surface area contributed by atoms with Crippen LogP contribution in [0, 0.1) is 5.92 Å². The molecule has 0 spiro atoms. The quantitative estimate of drug-likeness (QED) is 0.517. The molecule has 3 N–H and O–H groups in total. The van der Waals surface area contributed by atoms with Crippen molar-refractivity contribution < 1.29 is 22.8 Å². The molecule has 0 bridgehead atoms. The van der Waals surface area contributed by atoms with E-state index in [-0.39, 0.29) is 41.4 Å². The summed E-state index contributed by atoms with van der Waals surface area (Å²) in [7, 11) is -3.88. The number of pyridine rings is 1. The summed E-state index contributed by atoms with van der Waals surface area (Å²) in [5, 5.41) is 2.84. The van der Waals surface area contributed by atoms with Crippen LogP contribution in [0.3, 0.4) is 0 Å². The number of ketones is 1. The van der Waals surface area contributed by atoms with E-state index in [0.717, 1.165) is 0 Å². The zero-order valence-electron chi connectivity index (χ0n) is 19.5. The van der Waals surface area contributed by atoms with Crippen LogP contribution in [-0.4, -0.2) is 71.9 Å². The maximum atomic E-state index is 13.1. The monoisotopic (exact) mass is 499 g/mol. The lowest BCUT2D eigenvalue weighted by Crippen LogP contribution is -2.44. The Labute approximate surface area is 204 Å². The minimum absolute atomic E-state index is 0.0278. The lowest BCUT2D eigenvalue weighted by molar-refractivity contribution is -0.137. The number of rotatable bonds is 8. The van der Waals surface area contributed by atoms with Crippen LogP contribution in [0.1, 0.15) is 36.5 Å². The van der Waals surface area contributed by atoms with Gasteiger partial charge < -0.3 is 16.0 Å². The molecule has 2 aliphatic rings. The van der Waals surface area contributed by atoms with Gasteiger partial charge in [0.15, 0.2) is 5.78 Å². The number of nitrogens with zero attached hydrogens (tertiary/aromatic N) is 3. The van der Waals surface area contributed by atoms with Crippen LogP contribution in [0.25, 0.3) is 0 Å². The van der Waals surface area contributed by atoms with Crippen LogP contribution in [-0.2, 0) is 19.6 Å². The van der Waals surface area contributed by atoms with E-state index < -0.39 is 22.1 Å². The second-order valence-electron chi connectivity index (χ2n) is 9.07. The fourth-order valence-corrected chi connectivity index (χ4v) is 6.28. The third-order valence-electron chi connectivity index (χ3n) is 6.56. The van der Waals surface area contributed by atoms with Crippen molar-refractivity contribution in [3.05, 3.63) is 54.4 Å². The molecule has 0 saturated carbocycles. The summed E-state index contributed by atoms with van der Waals surface area (Å²) < 4.78 is 27.3. The second-order valence-corrected chi connectivity index (χ2v) is 11.0. The number of hydrogen-bond acceptors (Lipinski definition) is 7. The second kappa shape index (κ2) is 10.1. The molecule has 2 fully saturated rings. The molecule has 0 aliphatic carbocycles. The minimum atomic E-state index is -3.88. The summed E-state index contributed by atoms with van der Waals surface area (Å²) in [5.41, 5.74) is 6.73. The van der Waals surface area contributed by atoms with E-state index in [1.165, 1.54) is 33.7 Å². The van der Waals surface area contributed by atoms with Gasteiger partial charge in [0, 0.05) is 43.2 Å². The molecular formula is C24H29N5O5S. The van der Waals surface area contributed by atoms with Crippen molar-refractivity contribution in [2.75, 3.05) is 25.4 Å². The number of carbonyl (C=O) groups excluding carboxylic acids is 3. The molecule has 11 heteroatoms. The first-order valence-corrected chi connectivity index (χ1v) is 13.0. The van der Waals surface area contributed by atoms with Crippen molar-refractivity contribution in [3.63, 3.8) is 0 Å².